The molecule has 0 amide bonds. The van der Waals surface area contributed by atoms with Crippen LogP contribution in [0, 0.1) is 5.82 Å². The number of aromatic nitrogens is 1. The smallest absolute Gasteiger partial charge is 0.325 e. The second-order valence-corrected chi connectivity index (χ2v) is 8.67. The van der Waals surface area contributed by atoms with E-state index in [0.29, 0.717) is 30.8 Å². The summed E-state index contributed by atoms with van der Waals surface area (Å²) in [4.78, 5) is 24.5. The number of hydrogen-bond acceptors (Lipinski definition) is 5. The van der Waals surface area contributed by atoms with E-state index in [-0.39, 0.29) is 24.1 Å². The van der Waals surface area contributed by atoms with E-state index in [4.69, 9.17) is 14.2 Å². The molecular weight excluding hydrogens is 473 g/mol. The molecule has 4 aromatic rings. The highest BCUT2D eigenvalue weighted by atomic mass is 19.1. The number of fused-ring (bicyclic) bond motifs is 1. The van der Waals surface area contributed by atoms with Gasteiger partial charge in [-0.25, -0.2) is 4.39 Å². The molecular formula is C30H30FNO5. The topological polar surface area (TPSA) is 66.8 Å². The number of halogens is 1. The Bertz CT molecular complexity index is 1380. The van der Waals surface area contributed by atoms with Crippen molar-refractivity contribution in [2.75, 3.05) is 20.3 Å². The molecule has 0 spiro atoms. The number of esters is 1. The predicted molar refractivity (Wildman–Crippen MR) is 140 cm³/mol. The van der Waals surface area contributed by atoms with Gasteiger partial charge >= 0.3 is 5.97 Å². The molecule has 1 aromatic heterocycles. The minimum Gasteiger partial charge on any atom is -0.493 e. The summed E-state index contributed by atoms with van der Waals surface area (Å²) < 4.78 is 31.8. The molecule has 0 atom stereocenters. The Kier molecular flexibility index (Phi) is 8.56. The van der Waals surface area contributed by atoms with Crippen LogP contribution in [0.2, 0.25) is 0 Å². The Morgan fingerprint density at radius 2 is 1.62 bits per heavy atom. The van der Waals surface area contributed by atoms with Crippen LogP contribution in [0.25, 0.3) is 10.9 Å². The van der Waals surface area contributed by atoms with Gasteiger partial charge in [-0.05, 0) is 72.6 Å². The van der Waals surface area contributed by atoms with Crippen LogP contribution in [-0.4, -0.2) is 36.6 Å². The normalized spacial score (nSPS) is 10.9. The summed E-state index contributed by atoms with van der Waals surface area (Å²) in [5.74, 6) is 0.670. The fraction of sp³-hybridized carbons (Fsp3) is 0.267. The van der Waals surface area contributed by atoms with E-state index in [1.165, 1.54) is 31.4 Å². The predicted octanol–water partition coefficient (Wildman–Crippen LogP) is 5.98. The monoisotopic (exact) mass is 503 g/mol. The Morgan fingerprint density at radius 3 is 2.35 bits per heavy atom. The first-order chi connectivity index (χ1) is 18.0. The molecule has 0 aliphatic rings. The lowest BCUT2D eigenvalue weighted by atomic mass is 9.99. The van der Waals surface area contributed by atoms with Crippen LogP contribution in [0.1, 0.15) is 41.3 Å². The van der Waals surface area contributed by atoms with E-state index in [9.17, 15) is 14.0 Å². The number of rotatable bonds is 12. The number of benzene rings is 3. The fourth-order valence-electron chi connectivity index (χ4n) is 4.18. The van der Waals surface area contributed by atoms with Gasteiger partial charge in [0.15, 0.2) is 5.78 Å². The number of carbonyl (C=O) groups excluding carboxylic acids is 2. The molecule has 3 aromatic carbocycles. The van der Waals surface area contributed by atoms with E-state index in [0.717, 1.165) is 40.8 Å². The van der Waals surface area contributed by atoms with Crippen LogP contribution in [0.3, 0.4) is 0 Å². The summed E-state index contributed by atoms with van der Waals surface area (Å²) in [6.45, 7) is 3.14. The van der Waals surface area contributed by atoms with Crippen molar-refractivity contribution >= 4 is 22.7 Å². The van der Waals surface area contributed by atoms with Crippen LogP contribution >= 0.6 is 0 Å². The average molecular weight is 504 g/mol. The van der Waals surface area contributed by atoms with Crippen molar-refractivity contribution in [3.05, 3.63) is 95.4 Å². The Morgan fingerprint density at radius 1 is 0.892 bits per heavy atom. The zero-order chi connectivity index (χ0) is 26.2. The van der Waals surface area contributed by atoms with Crippen molar-refractivity contribution in [1.82, 2.24) is 4.57 Å². The van der Waals surface area contributed by atoms with E-state index in [1.54, 1.807) is 6.07 Å². The maximum Gasteiger partial charge on any atom is 0.325 e. The van der Waals surface area contributed by atoms with E-state index in [2.05, 4.69) is 6.92 Å². The maximum absolute atomic E-state index is 13.2. The van der Waals surface area contributed by atoms with E-state index >= 15 is 0 Å². The highest BCUT2D eigenvalue weighted by Gasteiger charge is 2.13. The van der Waals surface area contributed by atoms with Crippen LogP contribution < -0.4 is 9.47 Å². The minimum atomic E-state index is -0.371. The van der Waals surface area contributed by atoms with Crippen LogP contribution in [-0.2, 0) is 22.5 Å². The van der Waals surface area contributed by atoms with Crippen molar-refractivity contribution in [2.24, 2.45) is 0 Å². The number of nitrogens with zero attached hydrogens (tertiary/aromatic N) is 1. The first-order valence-electron chi connectivity index (χ1n) is 12.3. The standard InChI is InChI=1S/C30H30FNO5/c1-3-6-22-19-23(30(34)21-9-12-24(31)13-10-21)11-14-27(22)36-17-5-18-37-28-8-4-7-26-25(28)15-16-32(26)20-29(33)35-2/h4,7-16,19H,3,5-6,17-18,20H2,1-2H3. The van der Waals surface area contributed by atoms with Crippen molar-refractivity contribution in [1.29, 1.82) is 0 Å². The van der Waals surface area contributed by atoms with Gasteiger partial charge in [0.05, 0.1) is 25.8 Å². The Hall–Kier alpha value is -4.13. The van der Waals surface area contributed by atoms with Gasteiger partial charge in [-0.15, -0.1) is 0 Å². The molecule has 192 valence electrons. The van der Waals surface area contributed by atoms with Crippen LogP contribution in [0.5, 0.6) is 11.5 Å². The maximum atomic E-state index is 13.2. The van der Waals surface area contributed by atoms with E-state index in [1.807, 2.05) is 47.2 Å². The quantitative estimate of drug-likeness (QED) is 0.135. The first kappa shape index (κ1) is 25.9. The molecule has 0 saturated heterocycles. The number of ketones is 1. The third kappa shape index (κ3) is 6.36. The number of methoxy groups -OCH3 is 1. The minimum absolute atomic E-state index is 0.145. The molecule has 7 heteroatoms. The first-order valence-corrected chi connectivity index (χ1v) is 12.3. The van der Waals surface area contributed by atoms with E-state index < -0.39 is 0 Å². The number of hydrogen-bond donors (Lipinski definition) is 0. The fourth-order valence-corrected chi connectivity index (χ4v) is 4.18. The molecule has 0 N–H and O–H groups in total. The lowest BCUT2D eigenvalue weighted by Gasteiger charge is -2.13. The van der Waals surface area contributed by atoms with Gasteiger partial charge in [0.1, 0.15) is 23.9 Å². The lowest BCUT2D eigenvalue weighted by molar-refractivity contribution is -0.141. The molecule has 0 bridgehead atoms. The van der Waals surface area contributed by atoms with Gasteiger partial charge in [-0.3, -0.25) is 9.59 Å². The number of aryl methyl sites for hydroxylation is 1. The second kappa shape index (κ2) is 12.2. The Labute approximate surface area is 215 Å². The summed E-state index contributed by atoms with van der Waals surface area (Å²) in [6.07, 6.45) is 4.20. The van der Waals surface area contributed by atoms with Gasteiger partial charge in [-0.2, -0.15) is 0 Å². The zero-order valence-corrected chi connectivity index (χ0v) is 21.0. The average Bonchev–Trinajstić information content (AvgIpc) is 3.32. The zero-order valence-electron chi connectivity index (χ0n) is 21.0. The molecule has 0 aliphatic carbocycles. The highest BCUT2D eigenvalue weighted by Crippen LogP contribution is 2.27. The van der Waals surface area contributed by atoms with Crippen molar-refractivity contribution in [3.63, 3.8) is 0 Å². The molecule has 0 radical (unpaired) electrons. The summed E-state index contributed by atoms with van der Waals surface area (Å²) in [7, 11) is 1.37. The SMILES string of the molecule is CCCc1cc(C(=O)c2ccc(F)cc2)ccc1OCCCOc1cccc2c1ccn2CC(=O)OC. The Balaban J connectivity index is 1.35. The summed E-state index contributed by atoms with van der Waals surface area (Å²) >= 11 is 0. The molecule has 6 nitrogen and oxygen atoms in total. The largest absolute Gasteiger partial charge is 0.493 e. The summed E-state index contributed by atoms with van der Waals surface area (Å²) in [5, 5.41) is 0.930. The molecule has 0 aliphatic heterocycles. The molecule has 37 heavy (non-hydrogen) atoms. The van der Waals surface area contributed by atoms with Gasteiger partial charge < -0.3 is 18.8 Å². The van der Waals surface area contributed by atoms with Crippen LogP contribution in [0.4, 0.5) is 4.39 Å². The van der Waals surface area contributed by atoms with Gasteiger partial charge in [0.2, 0.25) is 0 Å². The number of carbonyl (C=O) groups is 2. The lowest BCUT2D eigenvalue weighted by Crippen LogP contribution is -2.10. The van der Waals surface area contributed by atoms with Gasteiger partial charge in [-0.1, -0.05) is 19.4 Å². The van der Waals surface area contributed by atoms with Crippen molar-refractivity contribution in [3.8, 4) is 11.5 Å². The molecule has 1 heterocycles. The van der Waals surface area contributed by atoms with Gasteiger partial charge in [0, 0.05) is 29.1 Å². The summed E-state index contributed by atoms with van der Waals surface area (Å²) in [5.41, 5.74) is 2.87. The van der Waals surface area contributed by atoms with Gasteiger partial charge in [0.25, 0.3) is 0 Å². The summed E-state index contributed by atoms with van der Waals surface area (Å²) in [6, 6.07) is 18.7. The molecule has 0 saturated carbocycles. The molecule has 0 unspecified atom stereocenters. The van der Waals surface area contributed by atoms with Crippen molar-refractivity contribution in [2.45, 2.75) is 32.7 Å². The third-order valence-corrected chi connectivity index (χ3v) is 6.05. The third-order valence-electron chi connectivity index (χ3n) is 6.05. The molecule has 0 fully saturated rings. The molecule has 4 rings (SSSR count). The highest BCUT2D eigenvalue weighted by molar-refractivity contribution is 6.09. The van der Waals surface area contributed by atoms with Crippen LogP contribution in [0.15, 0.2) is 72.9 Å². The second-order valence-electron chi connectivity index (χ2n) is 8.67. The van der Waals surface area contributed by atoms with Crippen molar-refractivity contribution < 1.29 is 28.2 Å². The number of ether oxygens (including phenoxy) is 3.